The first-order chi connectivity index (χ1) is 9.45. The van der Waals surface area contributed by atoms with Crippen LogP contribution in [0.4, 0.5) is 0 Å². The summed E-state index contributed by atoms with van der Waals surface area (Å²) in [5, 5.41) is 0. The zero-order valence-corrected chi connectivity index (χ0v) is 13.9. The third kappa shape index (κ3) is 2.46. The number of benzene rings is 1. The van der Waals surface area contributed by atoms with Gasteiger partial charge in [0, 0.05) is 17.8 Å². The van der Waals surface area contributed by atoms with Crippen molar-refractivity contribution < 1.29 is 4.42 Å². The predicted molar refractivity (Wildman–Crippen MR) is 90.9 cm³/mol. The van der Waals surface area contributed by atoms with Crippen molar-refractivity contribution >= 4 is 33.7 Å². The van der Waals surface area contributed by atoms with Gasteiger partial charge in [0.15, 0.2) is 9.35 Å². The zero-order chi connectivity index (χ0) is 14.3. The Morgan fingerprint density at radius 2 is 1.90 bits per heavy atom. The Bertz CT molecular complexity index is 768. The van der Waals surface area contributed by atoms with Crippen LogP contribution >= 0.6 is 22.6 Å². The van der Waals surface area contributed by atoms with Gasteiger partial charge in [-0.15, -0.1) is 0 Å². The van der Waals surface area contributed by atoms with Crippen LogP contribution in [0.25, 0.3) is 22.2 Å². The maximum atomic E-state index is 5.80. The van der Waals surface area contributed by atoms with E-state index in [-0.39, 0.29) is 5.41 Å². The number of halogens is 1. The molecule has 20 heavy (non-hydrogen) atoms. The number of pyridine rings is 1. The van der Waals surface area contributed by atoms with Gasteiger partial charge in [-0.1, -0.05) is 45.0 Å². The van der Waals surface area contributed by atoms with Gasteiger partial charge in [0.1, 0.15) is 5.52 Å². The second-order valence-corrected chi connectivity index (χ2v) is 7.02. The molecule has 0 unspecified atom stereocenters. The van der Waals surface area contributed by atoms with Gasteiger partial charge in [0.25, 0.3) is 0 Å². The predicted octanol–water partition coefficient (Wildman–Crippen LogP) is 5.40. The fraction of sp³-hybridized carbons (Fsp3) is 0.235. The molecular weight excluding hydrogens is 361 g/mol. The van der Waals surface area contributed by atoms with E-state index >= 15 is 0 Å². The minimum atomic E-state index is 0.139. The van der Waals surface area contributed by atoms with Gasteiger partial charge in [0.05, 0.1) is 0 Å². The number of fused-ring (bicyclic) bond motifs is 1. The molecule has 2 nitrogen and oxygen atoms in total. The van der Waals surface area contributed by atoms with Gasteiger partial charge in [-0.2, -0.15) is 0 Å². The molecule has 0 saturated carbocycles. The van der Waals surface area contributed by atoms with Gasteiger partial charge in [-0.05, 0) is 45.2 Å². The summed E-state index contributed by atoms with van der Waals surface area (Å²) < 4.78 is 6.67. The lowest BCUT2D eigenvalue weighted by Crippen LogP contribution is -2.10. The Kier molecular flexibility index (Phi) is 3.32. The lowest BCUT2D eigenvalue weighted by atomic mass is 9.85. The van der Waals surface area contributed by atoms with E-state index in [2.05, 4.69) is 72.6 Å². The van der Waals surface area contributed by atoms with Crippen LogP contribution in [0.2, 0.25) is 0 Å². The molecular formula is C17H16INO. The van der Waals surface area contributed by atoms with Gasteiger partial charge >= 0.3 is 0 Å². The minimum Gasteiger partial charge on any atom is -0.448 e. The molecule has 3 aromatic rings. The molecule has 0 aliphatic rings. The van der Waals surface area contributed by atoms with Crippen LogP contribution in [0.5, 0.6) is 0 Å². The Balaban J connectivity index is 2.21. The summed E-state index contributed by atoms with van der Waals surface area (Å²) in [4.78, 5) is 4.36. The standard InChI is InChI=1S/C17H16INO/c1-17(2,3)12-6-4-5-11(9-12)13-7-8-19-14-10-15(18)20-16(13)14/h4-10H,1-3H3. The highest BCUT2D eigenvalue weighted by atomic mass is 127. The number of aromatic nitrogens is 1. The van der Waals surface area contributed by atoms with Crippen molar-refractivity contribution in [2.45, 2.75) is 26.2 Å². The average Bonchev–Trinajstić information content (AvgIpc) is 2.77. The molecule has 102 valence electrons. The highest BCUT2D eigenvalue weighted by Gasteiger charge is 2.15. The second kappa shape index (κ2) is 4.88. The van der Waals surface area contributed by atoms with Gasteiger partial charge in [0.2, 0.25) is 0 Å². The second-order valence-electron chi connectivity index (χ2n) is 5.95. The molecule has 0 bridgehead atoms. The number of hydrogen-bond acceptors (Lipinski definition) is 2. The smallest absolute Gasteiger partial charge is 0.166 e. The van der Waals surface area contributed by atoms with Crippen LogP contribution in [0.15, 0.2) is 47.0 Å². The molecule has 3 heteroatoms. The van der Waals surface area contributed by atoms with Crippen LogP contribution < -0.4 is 0 Å². The molecule has 0 amide bonds. The normalized spacial score (nSPS) is 12.0. The molecule has 0 fully saturated rings. The van der Waals surface area contributed by atoms with Crippen molar-refractivity contribution in [1.29, 1.82) is 0 Å². The molecule has 0 spiro atoms. The first-order valence-corrected chi connectivity index (χ1v) is 7.68. The zero-order valence-electron chi connectivity index (χ0n) is 11.8. The summed E-state index contributed by atoms with van der Waals surface area (Å²) >= 11 is 2.18. The monoisotopic (exact) mass is 377 g/mol. The van der Waals surface area contributed by atoms with Gasteiger partial charge in [-0.25, -0.2) is 0 Å². The number of nitrogens with zero attached hydrogens (tertiary/aromatic N) is 1. The Morgan fingerprint density at radius 1 is 1.10 bits per heavy atom. The highest BCUT2D eigenvalue weighted by Crippen LogP contribution is 2.32. The SMILES string of the molecule is CC(C)(C)c1cccc(-c2ccnc3cc(I)oc23)c1. The topological polar surface area (TPSA) is 26.0 Å². The Morgan fingerprint density at radius 3 is 2.65 bits per heavy atom. The maximum Gasteiger partial charge on any atom is 0.166 e. The molecule has 0 saturated heterocycles. The molecule has 3 rings (SSSR count). The first-order valence-electron chi connectivity index (χ1n) is 6.60. The highest BCUT2D eigenvalue weighted by molar-refractivity contribution is 14.1. The number of furan rings is 1. The lowest BCUT2D eigenvalue weighted by Gasteiger charge is -2.19. The molecule has 0 radical (unpaired) electrons. The summed E-state index contributed by atoms with van der Waals surface area (Å²) in [6.07, 6.45) is 1.84. The molecule has 0 aliphatic carbocycles. The van der Waals surface area contributed by atoms with E-state index in [9.17, 15) is 0 Å². The first kappa shape index (κ1) is 13.6. The molecule has 2 heterocycles. The van der Waals surface area contributed by atoms with Crippen molar-refractivity contribution in [3.8, 4) is 11.1 Å². The van der Waals surface area contributed by atoms with Crippen molar-refractivity contribution in [1.82, 2.24) is 4.98 Å². The number of rotatable bonds is 1. The van der Waals surface area contributed by atoms with E-state index in [1.54, 1.807) is 0 Å². The van der Waals surface area contributed by atoms with E-state index in [0.29, 0.717) is 0 Å². The van der Waals surface area contributed by atoms with Crippen molar-refractivity contribution in [3.05, 3.63) is 51.9 Å². The Labute approximate surface area is 132 Å². The van der Waals surface area contributed by atoms with Gasteiger partial charge < -0.3 is 4.42 Å². The van der Waals surface area contributed by atoms with E-state index in [1.807, 2.05) is 18.3 Å². The summed E-state index contributed by atoms with van der Waals surface area (Å²) in [5.74, 6) is 0. The number of hydrogen-bond donors (Lipinski definition) is 0. The van der Waals surface area contributed by atoms with E-state index in [1.165, 1.54) is 11.1 Å². The maximum absolute atomic E-state index is 5.80. The fourth-order valence-corrected chi connectivity index (χ4v) is 2.80. The molecule has 0 aliphatic heterocycles. The largest absolute Gasteiger partial charge is 0.448 e. The van der Waals surface area contributed by atoms with Crippen molar-refractivity contribution in [3.63, 3.8) is 0 Å². The quantitative estimate of drug-likeness (QED) is 0.531. The van der Waals surface area contributed by atoms with E-state index in [4.69, 9.17) is 4.42 Å². The van der Waals surface area contributed by atoms with Crippen molar-refractivity contribution in [2.75, 3.05) is 0 Å². The minimum absolute atomic E-state index is 0.139. The third-order valence-corrected chi connectivity index (χ3v) is 3.95. The summed E-state index contributed by atoms with van der Waals surface area (Å²) in [6, 6.07) is 12.6. The molecule has 0 atom stereocenters. The molecule has 1 aromatic carbocycles. The van der Waals surface area contributed by atoms with Crippen LogP contribution in [0, 0.1) is 3.77 Å². The van der Waals surface area contributed by atoms with Crippen LogP contribution in [-0.2, 0) is 5.41 Å². The average molecular weight is 377 g/mol. The Hall–Kier alpha value is -1.36. The van der Waals surface area contributed by atoms with Crippen molar-refractivity contribution in [2.24, 2.45) is 0 Å². The summed E-state index contributed by atoms with van der Waals surface area (Å²) in [5.41, 5.74) is 5.51. The fourth-order valence-electron chi connectivity index (χ4n) is 2.29. The third-order valence-electron chi connectivity index (χ3n) is 3.42. The van der Waals surface area contributed by atoms with Crippen LogP contribution in [-0.4, -0.2) is 4.98 Å². The van der Waals surface area contributed by atoms with Crippen LogP contribution in [0.1, 0.15) is 26.3 Å². The van der Waals surface area contributed by atoms with E-state index in [0.717, 1.165) is 20.4 Å². The summed E-state index contributed by atoms with van der Waals surface area (Å²) in [7, 11) is 0. The van der Waals surface area contributed by atoms with Crippen LogP contribution in [0.3, 0.4) is 0 Å². The lowest BCUT2D eigenvalue weighted by molar-refractivity contribution is 0.584. The summed E-state index contributed by atoms with van der Waals surface area (Å²) in [6.45, 7) is 6.68. The molecule has 0 N–H and O–H groups in total. The van der Waals surface area contributed by atoms with Gasteiger partial charge in [-0.3, -0.25) is 4.98 Å². The van der Waals surface area contributed by atoms with E-state index < -0.39 is 0 Å². The molecule has 2 aromatic heterocycles.